The first-order valence-electron chi connectivity index (χ1n) is 7.78. The predicted octanol–water partition coefficient (Wildman–Crippen LogP) is 1.42. The molecular weight excluding hydrogens is 268 g/mol. The van der Waals surface area contributed by atoms with E-state index in [4.69, 9.17) is 15.3 Å². The number of hydrogen-bond acceptors (Lipinski definition) is 5. The molecule has 1 aliphatic rings. The zero-order valence-electron chi connectivity index (χ0n) is 13.3. The lowest BCUT2D eigenvalue weighted by molar-refractivity contribution is -0.110. The summed E-state index contributed by atoms with van der Waals surface area (Å²) in [6.45, 7) is 5.77. The van der Waals surface area contributed by atoms with Crippen LogP contribution in [0.4, 0.5) is 0 Å². The Morgan fingerprint density at radius 3 is 2.81 bits per heavy atom. The van der Waals surface area contributed by atoms with Gasteiger partial charge in [-0.1, -0.05) is 6.92 Å². The molecule has 1 aromatic rings. The number of nitrogens with zero attached hydrogens (tertiary/aromatic N) is 2. The van der Waals surface area contributed by atoms with Crippen LogP contribution in [0.5, 0.6) is 0 Å². The van der Waals surface area contributed by atoms with Crippen molar-refractivity contribution >= 4 is 0 Å². The average Bonchev–Trinajstić information content (AvgIpc) is 3.01. The highest BCUT2D eigenvalue weighted by molar-refractivity contribution is 5.06. The topological polar surface area (TPSA) is 74.3 Å². The Morgan fingerprint density at radius 1 is 1.52 bits per heavy atom. The third-order valence-corrected chi connectivity index (χ3v) is 4.70. The van der Waals surface area contributed by atoms with E-state index in [0.29, 0.717) is 19.3 Å². The van der Waals surface area contributed by atoms with Crippen LogP contribution >= 0.6 is 0 Å². The molecule has 6 heteroatoms. The minimum Gasteiger partial charge on any atom is -0.381 e. The van der Waals surface area contributed by atoms with Crippen molar-refractivity contribution < 1.29 is 9.47 Å². The molecule has 2 rings (SSSR count). The van der Waals surface area contributed by atoms with Crippen LogP contribution in [-0.4, -0.2) is 41.7 Å². The predicted molar refractivity (Wildman–Crippen MR) is 81.8 cm³/mol. The molecule has 0 radical (unpaired) electrons. The molecule has 1 aromatic heterocycles. The van der Waals surface area contributed by atoms with Gasteiger partial charge in [0.1, 0.15) is 0 Å². The molecular formula is C15H28N4O2. The summed E-state index contributed by atoms with van der Waals surface area (Å²) in [5.41, 5.74) is 3.71. The van der Waals surface area contributed by atoms with Crippen LogP contribution in [0.3, 0.4) is 0 Å². The maximum Gasteiger partial charge on any atom is 0.0891 e. The van der Waals surface area contributed by atoms with Gasteiger partial charge < -0.3 is 9.47 Å². The molecule has 0 amide bonds. The summed E-state index contributed by atoms with van der Waals surface area (Å²) in [6.07, 6.45) is 5.57. The van der Waals surface area contributed by atoms with Crippen LogP contribution in [0.25, 0.3) is 0 Å². The van der Waals surface area contributed by atoms with Crippen LogP contribution < -0.4 is 11.3 Å². The van der Waals surface area contributed by atoms with E-state index in [2.05, 4.69) is 30.4 Å². The van der Waals surface area contributed by atoms with Crippen molar-refractivity contribution in [3.63, 3.8) is 0 Å². The number of nitrogens with one attached hydrogen (secondary N) is 1. The molecule has 1 saturated heterocycles. The van der Waals surface area contributed by atoms with Gasteiger partial charge in [-0.15, -0.1) is 0 Å². The summed E-state index contributed by atoms with van der Waals surface area (Å²) in [7, 11) is 1.76. The highest BCUT2D eigenvalue weighted by atomic mass is 16.5. The molecule has 2 unspecified atom stereocenters. The summed E-state index contributed by atoms with van der Waals surface area (Å²) in [5, 5.41) is 4.66. The van der Waals surface area contributed by atoms with Crippen LogP contribution in [0.1, 0.15) is 44.8 Å². The molecule has 6 nitrogen and oxygen atoms in total. The summed E-state index contributed by atoms with van der Waals surface area (Å²) >= 11 is 0. The minimum absolute atomic E-state index is 0.0340. The van der Waals surface area contributed by atoms with Crippen LogP contribution in [0, 0.1) is 0 Å². The Balaban J connectivity index is 2.09. The number of hydrazine groups is 1. The van der Waals surface area contributed by atoms with Gasteiger partial charge in [0.05, 0.1) is 17.3 Å². The van der Waals surface area contributed by atoms with Gasteiger partial charge >= 0.3 is 0 Å². The lowest BCUT2D eigenvalue weighted by Gasteiger charge is -2.41. The van der Waals surface area contributed by atoms with E-state index in [1.807, 2.05) is 10.9 Å². The SMILES string of the molecule is CCC(C)n1ccc(CC(NN)C2(OC)CCOCC2)n1. The van der Waals surface area contributed by atoms with Gasteiger partial charge in [0, 0.05) is 51.8 Å². The normalized spacial score (nSPS) is 21.1. The van der Waals surface area contributed by atoms with Gasteiger partial charge in [-0.05, 0) is 19.4 Å². The fourth-order valence-electron chi connectivity index (χ4n) is 2.94. The van der Waals surface area contributed by atoms with Crippen LogP contribution in [0.15, 0.2) is 12.3 Å². The zero-order chi connectivity index (χ0) is 15.3. The van der Waals surface area contributed by atoms with Crippen molar-refractivity contribution in [3.8, 4) is 0 Å². The summed E-state index contributed by atoms with van der Waals surface area (Å²) in [5.74, 6) is 5.80. The third kappa shape index (κ3) is 3.63. The van der Waals surface area contributed by atoms with Crippen molar-refractivity contribution in [1.82, 2.24) is 15.2 Å². The third-order valence-electron chi connectivity index (χ3n) is 4.70. The molecule has 0 aromatic carbocycles. The molecule has 2 atom stereocenters. The molecule has 1 fully saturated rings. The molecule has 2 heterocycles. The number of hydrogen-bond donors (Lipinski definition) is 2. The summed E-state index contributed by atoms with van der Waals surface area (Å²) in [4.78, 5) is 0. The second-order valence-electron chi connectivity index (χ2n) is 5.85. The van der Waals surface area contributed by atoms with Gasteiger partial charge in [-0.3, -0.25) is 16.0 Å². The zero-order valence-corrected chi connectivity index (χ0v) is 13.3. The van der Waals surface area contributed by atoms with Gasteiger partial charge in [0.15, 0.2) is 0 Å². The van der Waals surface area contributed by atoms with Gasteiger partial charge in [-0.2, -0.15) is 5.10 Å². The second-order valence-corrected chi connectivity index (χ2v) is 5.85. The lowest BCUT2D eigenvalue weighted by atomic mass is 9.84. The van der Waals surface area contributed by atoms with Crippen LogP contribution in [0.2, 0.25) is 0 Å². The monoisotopic (exact) mass is 296 g/mol. The van der Waals surface area contributed by atoms with Crippen molar-refractivity contribution in [2.45, 2.75) is 57.2 Å². The van der Waals surface area contributed by atoms with Gasteiger partial charge in [-0.25, -0.2) is 0 Å². The molecule has 0 aliphatic carbocycles. The van der Waals surface area contributed by atoms with Crippen molar-refractivity contribution in [2.24, 2.45) is 5.84 Å². The smallest absolute Gasteiger partial charge is 0.0891 e. The summed E-state index contributed by atoms with van der Waals surface area (Å²) in [6, 6.07) is 2.52. The first-order valence-corrected chi connectivity index (χ1v) is 7.78. The molecule has 0 bridgehead atoms. The van der Waals surface area contributed by atoms with Crippen molar-refractivity contribution in [2.75, 3.05) is 20.3 Å². The molecule has 1 aliphatic heterocycles. The number of ether oxygens (including phenoxy) is 2. The van der Waals surface area contributed by atoms with E-state index >= 15 is 0 Å². The molecule has 3 N–H and O–H groups in total. The second kappa shape index (κ2) is 7.35. The highest BCUT2D eigenvalue weighted by Crippen LogP contribution is 2.29. The fourth-order valence-corrected chi connectivity index (χ4v) is 2.94. The summed E-state index contributed by atoms with van der Waals surface area (Å²) < 4.78 is 13.3. The maximum atomic E-state index is 5.82. The average molecular weight is 296 g/mol. The van der Waals surface area contributed by atoms with E-state index in [9.17, 15) is 0 Å². The Hall–Kier alpha value is -0.950. The van der Waals surface area contributed by atoms with E-state index in [1.54, 1.807) is 7.11 Å². The van der Waals surface area contributed by atoms with Crippen molar-refractivity contribution in [1.29, 1.82) is 0 Å². The Kier molecular flexibility index (Phi) is 5.75. The molecule has 0 saturated carbocycles. The Morgan fingerprint density at radius 2 is 2.24 bits per heavy atom. The Bertz CT molecular complexity index is 429. The number of rotatable bonds is 7. The van der Waals surface area contributed by atoms with Crippen LogP contribution in [-0.2, 0) is 15.9 Å². The fraction of sp³-hybridized carbons (Fsp3) is 0.800. The van der Waals surface area contributed by atoms with E-state index < -0.39 is 0 Å². The number of nitrogens with two attached hydrogens (primary N) is 1. The van der Waals surface area contributed by atoms with E-state index in [0.717, 1.165) is 31.4 Å². The van der Waals surface area contributed by atoms with E-state index in [-0.39, 0.29) is 11.6 Å². The quantitative estimate of drug-likeness (QED) is 0.588. The molecule has 120 valence electrons. The number of methoxy groups -OCH3 is 1. The van der Waals surface area contributed by atoms with Gasteiger partial charge in [0.2, 0.25) is 0 Å². The maximum absolute atomic E-state index is 5.82. The molecule has 0 spiro atoms. The van der Waals surface area contributed by atoms with E-state index in [1.165, 1.54) is 0 Å². The lowest BCUT2D eigenvalue weighted by Crippen LogP contribution is -2.58. The number of aromatic nitrogens is 2. The largest absolute Gasteiger partial charge is 0.381 e. The highest BCUT2D eigenvalue weighted by Gasteiger charge is 2.40. The first-order chi connectivity index (χ1) is 10.1. The first kappa shape index (κ1) is 16.4. The minimum atomic E-state index is -0.271. The van der Waals surface area contributed by atoms with Crippen molar-refractivity contribution in [3.05, 3.63) is 18.0 Å². The molecule has 21 heavy (non-hydrogen) atoms. The van der Waals surface area contributed by atoms with Gasteiger partial charge in [0.25, 0.3) is 0 Å². The standard InChI is InChI=1S/C15H28N4O2/c1-4-12(2)19-8-5-13(18-19)11-14(17-16)15(20-3)6-9-21-10-7-15/h5,8,12,14,17H,4,6-7,9-11,16H2,1-3H3. The Labute approximate surface area is 126 Å².